The molecule has 3 aromatic rings. The predicted molar refractivity (Wildman–Crippen MR) is 141 cm³/mol. The van der Waals surface area contributed by atoms with E-state index in [1.807, 2.05) is 0 Å². The summed E-state index contributed by atoms with van der Waals surface area (Å²) in [6.45, 7) is -0.0246. The number of carboxylic acids is 1. The summed E-state index contributed by atoms with van der Waals surface area (Å²) in [4.78, 5) is 25.7. The smallest absolute Gasteiger partial charge is 0.328 e. The van der Waals surface area contributed by atoms with E-state index in [0.717, 1.165) is 12.2 Å². The first-order valence-corrected chi connectivity index (χ1v) is 11.7. The summed E-state index contributed by atoms with van der Waals surface area (Å²) in [7, 11) is 4.46. The van der Waals surface area contributed by atoms with Crippen molar-refractivity contribution in [3.8, 4) is 17.2 Å². The lowest BCUT2D eigenvalue weighted by molar-refractivity contribution is -0.131. The Morgan fingerprint density at radius 1 is 0.919 bits per heavy atom. The number of amides is 1. The van der Waals surface area contributed by atoms with Crippen LogP contribution in [-0.4, -0.2) is 43.4 Å². The van der Waals surface area contributed by atoms with Gasteiger partial charge in [-0.1, -0.05) is 35.3 Å². The molecule has 0 fully saturated rings. The van der Waals surface area contributed by atoms with Gasteiger partial charge in [0.25, 0.3) is 5.91 Å². The zero-order valence-corrected chi connectivity index (χ0v) is 21.8. The fourth-order valence-corrected chi connectivity index (χ4v) is 4.21. The van der Waals surface area contributed by atoms with Gasteiger partial charge >= 0.3 is 5.97 Å². The van der Waals surface area contributed by atoms with Gasteiger partial charge in [0, 0.05) is 39.9 Å². The number of rotatable bonds is 10. The molecule has 0 saturated heterocycles. The number of anilines is 1. The zero-order chi connectivity index (χ0) is 27.1. The van der Waals surface area contributed by atoms with Crippen LogP contribution >= 0.6 is 23.2 Å². The van der Waals surface area contributed by atoms with Crippen LogP contribution in [-0.2, 0) is 16.1 Å². The monoisotopic (exact) mass is 545 g/mol. The van der Waals surface area contributed by atoms with Crippen LogP contribution in [0.15, 0.2) is 66.7 Å². The van der Waals surface area contributed by atoms with Crippen molar-refractivity contribution in [1.29, 1.82) is 0 Å². The van der Waals surface area contributed by atoms with E-state index < -0.39 is 18.0 Å². The Morgan fingerprint density at radius 3 is 2.30 bits per heavy atom. The van der Waals surface area contributed by atoms with Gasteiger partial charge in [0.1, 0.15) is 23.4 Å². The average Bonchev–Trinajstić information content (AvgIpc) is 2.90. The maximum atomic E-state index is 13.3. The van der Waals surface area contributed by atoms with E-state index in [9.17, 15) is 14.7 Å². The van der Waals surface area contributed by atoms with Crippen LogP contribution in [0, 0.1) is 0 Å². The molecule has 1 unspecified atom stereocenters. The summed E-state index contributed by atoms with van der Waals surface area (Å²) < 4.78 is 16.0. The van der Waals surface area contributed by atoms with E-state index >= 15 is 0 Å². The van der Waals surface area contributed by atoms with Crippen molar-refractivity contribution in [3.05, 3.63) is 93.5 Å². The number of halogens is 2. The van der Waals surface area contributed by atoms with Gasteiger partial charge in [-0.3, -0.25) is 4.79 Å². The number of hydrogen-bond acceptors (Lipinski definition) is 6. The van der Waals surface area contributed by atoms with Crippen molar-refractivity contribution in [2.24, 2.45) is 0 Å². The lowest BCUT2D eigenvalue weighted by Crippen LogP contribution is -2.30. The third-order valence-electron chi connectivity index (χ3n) is 5.54. The van der Waals surface area contributed by atoms with Gasteiger partial charge in [-0.2, -0.15) is 0 Å². The number of nitrogens with zero attached hydrogens (tertiary/aromatic N) is 1. The van der Waals surface area contributed by atoms with Gasteiger partial charge in [0.05, 0.1) is 38.6 Å². The quantitative estimate of drug-likeness (QED) is 0.334. The Hall–Kier alpha value is -3.72. The van der Waals surface area contributed by atoms with Gasteiger partial charge in [-0.05, 0) is 36.4 Å². The van der Waals surface area contributed by atoms with Crippen molar-refractivity contribution in [1.82, 2.24) is 0 Å². The minimum Gasteiger partial charge on any atom is -0.497 e. The van der Waals surface area contributed by atoms with Gasteiger partial charge < -0.3 is 29.3 Å². The van der Waals surface area contributed by atoms with Crippen LogP contribution in [0.5, 0.6) is 17.2 Å². The number of ether oxygens (including phenoxy) is 3. The van der Waals surface area contributed by atoms with Crippen molar-refractivity contribution in [2.45, 2.75) is 12.6 Å². The van der Waals surface area contributed by atoms with Gasteiger partial charge in [0.2, 0.25) is 0 Å². The summed E-state index contributed by atoms with van der Waals surface area (Å²) in [5.74, 6) is -0.560. The molecule has 37 heavy (non-hydrogen) atoms. The molecule has 0 aromatic heterocycles. The number of aliphatic hydroxyl groups excluding tert-OH is 1. The summed E-state index contributed by atoms with van der Waals surface area (Å²) >= 11 is 12.7. The third kappa shape index (κ3) is 6.54. The molecule has 1 amide bonds. The predicted octanol–water partition coefficient (Wildman–Crippen LogP) is 5.27. The summed E-state index contributed by atoms with van der Waals surface area (Å²) in [5, 5.41) is 21.0. The molecule has 0 bridgehead atoms. The molecule has 0 aliphatic rings. The molecule has 0 radical (unpaired) electrons. The lowest BCUT2D eigenvalue weighted by Gasteiger charge is -2.27. The number of aliphatic carboxylic acids is 1. The second kappa shape index (κ2) is 12.5. The highest BCUT2D eigenvalue weighted by Crippen LogP contribution is 2.40. The van der Waals surface area contributed by atoms with Crippen LogP contribution in [0.4, 0.5) is 5.69 Å². The SMILES string of the molecule is COc1ccc(CN(C(=O)C=CC(=O)O)c2ccc(Cl)cc2C(O)c2cccc(OC)c2Cl)c(OC)c1. The minimum atomic E-state index is -1.30. The second-order valence-corrected chi connectivity index (χ2v) is 8.56. The topological polar surface area (TPSA) is 106 Å². The normalized spacial score (nSPS) is 11.7. The Labute approximate surface area is 224 Å². The standard InChI is InChI=1S/C27H25Cl2NO7/c1-35-18-9-7-16(23(14-18)37-3)15-30(24(31)11-12-25(32)33)21-10-8-17(28)13-20(21)27(34)19-5-4-6-22(36-2)26(19)29/h4-14,27,34H,15H2,1-3H3,(H,32,33). The van der Waals surface area contributed by atoms with E-state index in [1.165, 1.54) is 32.3 Å². The van der Waals surface area contributed by atoms with Crippen LogP contribution in [0.2, 0.25) is 10.0 Å². The molecule has 0 saturated carbocycles. The number of methoxy groups -OCH3 is 3. The molecule has 194 valence electrons. The summed E-state index contributed by atoms with van der Waals surface area (Å²) in [6, 6.07) is 14.7. The van der Waals surface area contributed by atoms with Crippen LogP contribution in [0.1, 0.15) is 22.8 Å². The molecular formula is C27H25Cl2NO7. The first-order valence-electron chi connectivity index (χ1n) is 10.9. The number of carboxylic acid groups (broad SMARTS) is 1. The van der Waals surface area contributed by atoms with E-state index in [-0.39, 0.29) is 22.8 Å². The highest BCUT2D eigenvalue weighted by Gasteiger charge is 2.26. The first-order chi connectivity index (χ1) is 17.7. The van der Waals surface area contributed by atoms with Crippen molar-refractivity contribution < 1.29 is 34.0 Å². The van der Waals surface area contributed by atoms with E-state index in [2.05, 4.69) is 0 Å². The number of hydrogen-bond donors (Lipinski definition) is 2. The summed E-state index contributed by atoms with van der Waals surface area (Å²) in [5.41, 5.74) is 1.50. The molecule has 0 aliphatic heterocycles. The highest BCUT2D eigenvalue weighted by atomic mass is 35.5. The number of benzene rings is 3. The minimum absolute atomic E-state index is 0.0246. The largest absolute Gasteiger partial charge is 0.497 e. The second-order valence-electron chi connectivity index (χ2n) is 7.74. The fourth-order valence-electron chi connectivity index (χ4n) is 3.72. The van der Waals surface area contributed by atoms with E-state index in [0.29, 0.717) is 33.4 Å². The Balaban J connectivity index is 2.17. The fraction of sp³-hybridized carbons (Fsp3) is 0.185. The van der Waals surface area contributed by atoms with Crippen molar-refractivity contribution in [3.63, 3.8) is 0 Å². The van der Waals surface area contributed by atoms with Gasteiger partial charge in [-0.25, -0.2) is 4.79 Å². The molecule has 10 heteroatoms. The molecule has 0 heterocycles. The van der Waals surface area contributed by atoms with Crippen LogP contribution in [0.3, 0.4) is 0 Å². The molecule has 1 atom stereocenters. The Kier molecular flexibility index (Phi) is 9.41. The van der Waals surface area contributed by atoms with Crippen LogP contribution in [0.25, 0.3) is 0 Å². The maximum Gasteiger partial charge on any atom is 0.328 e. The zero-order valence-electron chi connectivity index (χ0n) is 20.3. The number of carbonyl (C=O) groups is 2. The molecule has 8 nitrogen and oxygen atoms in total. The molecule has 0 aliphatic carbocycles. The average molecular weight is 546 g/mol. The number of carbonyl (C=O) groups excluding carboxylic acids is 1. The van der Waals surface area contributed by atoms with Gasteiger partial charge in [0.15, 0.2) is 0 Å². The first kappa shape index (κ1) is 27.9. The Morgan fingerprint density at radius 2 is 1.65 bits per heavy atom. The molecular weight excluding hydrogens is 521 g/mol. The molecule has 0 spiro atoms. The number of aliphatic hydroxyl groups is 1. The molecule has 2 N–H and O–H groups in total. The third-order valence-corrected chi connectivity index (χ3v) is 6.18. The Bertz CT molecular complexity index is 1330. The van der Waals surface area contributed by atoms with Crippen LogP contribution < -0.4 is 19.1 Å². The molecule has 3 rings (SSSR count). The van der Waals surface area contributed by atoms with Crippen molar-refractivity contribution in [2.75, 3.05) is 26.2 Å². The van der Waals surface area contributed by atoms with E-state index in [4.69, 9.17) is 42.5 Å². The molecule has 3 aromatic carbocycles. The lowest BCUT2D eigenvalue weighted by atomic mass is 9.98. The van der Waals surface area contributed by atoms with Crippen molar-refractivity contribution >= 4 is 40.8 Å². The maximum absolute atomic E-state index is 13.3. The van der Waals surface area contributed by atoms with E-state index in [1.54, 1.807) is 48.5 Å². The summed E-state index contributed by atoms with van der Waals surface area (Å²) in [6.07, 6.45) is 0.375. The highest BCUT2D eigenvalue weighted by molar-refractivity contribution is 6.33. The van der Waals surface area contributed by atoms with Gasteiger partial charge in [-0.15, -0.1) is 0 Å².